The summed E-state index contributed by atoms with van der Waals surface area (Å²) < 4.78 is 0. The van der Waals surface area contributed by atoms with Gasteiger partial charge in [0.1, 0.15) is 0 Å². The molecular formula is C43H33N. The molecule has 7 aromatic rings. The maximum absolute atomic E-state index is 3.67. The third kappa shape index (κ3) is 4.32. The van der Waals surface area contributed by atoms with E-state index in [1.165, 1.54) is 66.4 Å². The first kappa shape index (κ1) is 26.2. The van der Waals surface area contributed by atoms with Crippen LogP contribution in [-0.4, -0.2) is 0 Å². The maximum Gasteiger partial charge on any atom is 0.0390 e. The van der Waals surface area contributed by atoms with Crippen molar-refractivity contribution in [2.45, 2.75) is 19.3 Å². The second-order valence-corrected chi connectivity index (χ2v) is 12.3. The summed E-state index contributed by atoms with van der Waals surface area (Å²) in [6.07, 6.45) is 0. The van der Waals surface area contributed by atoms with Gasteiger partial charge in [0, 0.05) is 16.8 Å². The van der Waals surface area contributed by atoms with Gasteiger partial charge in [-0.2, -0.15) is 0 Å². The van der Waals surface area contributed by atoms with E-state index in [0.717, 1.165) is 11.4 Å². The van der Waals surface area contributed by atoms with Gasteiger partial charge in [0.25, 0.3) is 0 Å². The van der Waals surface area contributed by atoms with Crippen molar-refractivity contribution in [3.63, 3.8) is 0 Å². The molecule has 0 radical (unpaired) electrons. The summed E-state index contributed by atoms with van der Waals surface area (Å²) in [5, 5.41) is 6.21. The molecule has 0 aliphatic heterocycles. The van der Waals surface area contributed by atoms with Crippen LogP contribution in [0.5, 0.6) is 0 Å². The van der Waals surface area contributed by atoms with Crippen molar-refractivity contribution >= 4 is 22.1 Å². The van der Waals surface area contributed by atoms with Crippen molar-refractivity contribution in [1.29, 1.82) is 0 Å². The highest BCUT2D eigenvalue weighted by Gasteiger charge is 2.37. The minimum absolute atomic E-state index is 0.0518. The van der Waals surface area contributed by atoms with Gasteiger partial charge in [-0.1, -0.05) is 147 Å². The van der Waals surface area contributed by atoms with Gasteiger partial charge in [0.2, 0.25) is 0 Å². The van der Waals surface area contributed by atoms with E-state index in [-0.39, 0.29) is 5.41 Å². The highest BCUT2D eigenvalue weighted by Crippen LogP contribution is 2.52. The average molecular weight is 564 g/mol. The van der Waals surface area contributed by atoms with Gasteiger partial charge in [-0.3, -0.25) is 0 Å². The van der Waals surface area contributed by atoms with E-state index in [9.17, 15) is 0 Å². The van der Waals surface area contributed by atoms with E-state index in [1.54, 1.807) is 0 Å². The number of benzene rings is 7. The third-order valence-electron chi connectivity index (χ3n) is 9.23. The van der Waals surface area contributed by atoms with E-state index >= 15 is 0 Å². The van der Waals surface area contributed by atoms with Crippen molar-refractivity contribution in [3.05, 3.63) is 169 Å². The molecule has 0 spiro atoms. The van der Waals surface area contributed by atoms with E-state index < -0.39 is 0 Å². The van der Waals surface area contributed by atoms with Crippen LogP contribution in [0.1, 0.15) is 25.0 Å². The third-order valence-corrected chi connectivity index (χ3v) is 9.23. The van der Waals surface area contributed by atoms with Gasteiger partial charge in [0.15, 0.2) is 0 Å². The summed E-state index contributed by atoms with van der Waals surface area (Å²) in [6, 6.07) is 57.1. The monoisotopic (exact) mass is 563 g/mol. The first-order valence-electron chi connectivity index (χ1n) is 15.4. The fourth-order valence-corrected chi connectivity index (χ4v) is 7.19. The second kappa shape index (κ2) is 10.4. The highest BCUT2D eigenvalue weighted by atomic mass is 14.9. The Kier molecular flexibility index (Phi) is 6.20. The second-order valence-electron chi connectivity index (χ2n) is 12.3. The molecule has 0 heterocycles. The zero-order valence-corrected chi connectivity index (χ0v) is 25.0. The molecule has 0 atom stereocenters. The Bertz CT molecular complexity index is 2150. The van der Waals surface area contributed by atoms with Gasteiger partial charge in [-0.05, 0) is 90.7 Å². The van der Waals surface area contributed by atoms with Crippen molar-refractivity contribution in [2.75, 3.05) is 5.32 Å². The predicted octanol–water partition coefficient (Wildman–Crippen LogP) is 11.9. The van der Waals surface area contributed by atoms with Crippen LogP contribution in [0.4, 0.5) is 11.4 Å². The van der Waals surface area contributed by atoms with E-state index in [0.29, 0.717) is 0 Å². The lowest BCUT2D eigenvalue weighted by Gasteiger charge is -2.24. The largest absolute Gasteiger partial charge is 0.356 e. The van der Waals surface area contributed by atoms with Gasteiger partial charge in [0.05, 0.1) is 0 Å². The first-order valence-corrected chi connectivity index (χ1v) is 15.4. The molecule has 1 heteroatoms. The SMILES string of the molecule is CC1(C)c2ccccc2-c2cccc(-c3cccc(Nc4ccc(-c5cccc6cccc(-c7ccccc7)c56)cc4)c3)c21. The lowest BCUT2D eigenvalue weighted by Crippen LogP contribution is -2.16. The Morgan fingerprint density at radius 1 is 0.409 bits per heavy atom. The Balaban J connectivity index is 1.12. The molecular weight excluding hydrogens is 530 g/mol. The Labute approximate surface area is 259 Å². The van der Waals surface area contributed by atoms with Gasteiger partial charge >= 0.3 is 0 Å². The van der Waals surface area contributed by atoms with Crippen molar-refractivity contribution in [2.24, 2.45) is 0 Å². The number of anilines is 2. The van der Waals surface area contributed by atoms with Crippen molar-refractivity contribution in [3.8, 4) is 44.5 Å². The molecule has 1 nitrogen and oxygen atoms in total. The minimum atomic E-state index is -0.0518. The zero-order chi connectivity index (χ0) is 29.7. The fourth-order valence-electron chi connectivity index (χ4n) is 7.19. The van der Waals surface area contributed by atoms with E-state index in [2.05, 4.69) is 177 Å². The molecule has 0 unspecified atom stereocenters. The molecule has 0 amide bonds. The van der Waals surface area contributed by atoms with Crippen LogP contribution >= 0.6 is 0 Å². The maximum atomic E-state index is 3.67. The van der Waals surface area contributed by atoms with E-state index in [1.807, 2.05) is 0 Å². The van der Waals surface area contributed by atoms with Gasteiger partial charge < -0.3 is 5.32 Å². The number of hydrogen-bond acceptors (Lipinski definition) is 1. The summed E-state index contributed by atoms with van der Waals surface area (Å²) in [4.78, 5) is 0. The summed E-state index contributed by atoms with van der Waals surface area (Å²) >= 11 is 0. The smallest absolute Gasteiger partial charge is 0.0390 e. The summed E-state index contributed by atoms with van der Waals surface area (Å²) in [7, 11) is 0. The zero-order valence-electron chi connectivity index (χ0n) is 25.0. The van der Waals surface area contributed by atoms with Gasteiger partial charge in [-0.25, -0.2) is 0 Å². The van der Waals surface area contributed by atoms with E-state index in [4.69, 9.17) is 0 Å². The van der Waals surface area contributed by atoms with Crippen LogP contribution in [0.3, 0.4) is 0 Å². The van der Waals surface area contributed by atoms with Crippen LogP contribution in [0.15, 0.2) is 158 Å². The predicted molar refractivity (Wildman–Crippen MR) is 188 cm³/mol. The first-order chi connectivity index (χ1) is 21.6. The molecule has 7 aromatic carbocycles. The summed E-state index contributed by atoms with van der Waals surface area (Å²) in [5.74, 6) is 0. The molecule has 0 aromatic heterocycles. The lowest BCUT2D eigenvalue weighted by molar-refractivity contribution is 0.662. The topological polar surface area (TPSA) is 12.0 Å². The summed E-state index contributed by atoms with van der Waals surface area (Å²) in [5.41, 5.74) is 15.1. The Morgan fingerprint density at radius 2 is 0.977 bits per heavy atom. The molecule has 0 fully saturated rings. The average Bonchev–Trinajstić information content (AvgIpc) is 3.31. The molecule has 1 aliphatic carbocycles. The molecule has 1 aliphatic rings. The molecule has 0 saturated carbocycles. The van der Waals surface area contributed by atoms with Crippen LogP contribution in [0, 0.1) is 0 Å². The Hall–Kier alpha value is -5.40. The van der Waals surface area contributed by atoms with Crippen LogP contribution < -0.4 is 5.32 Å². The summed E-state index contributed by atoms with van der Waals surface area (Å²) in [6.45, 7) is 4.70. The normalized spacial score (nSPS) is 13.0. The number of nitrogens with one attached hydrogen (secondary N) is 1. The van der Waals surface area contributed by atoms with Crippen molar-refractivity contribution in [1.82, 2.24) is 0 Å². The Morgan fingerprint density at radius 3 is 1.75 bits per heavy atom. The van der Waals surface area contributed by atoms with Crippen LogP contribution in [0.25, 0.3) is 55.3 Å². The molecule has 1 N–H and O–H groups in total. The van der Waals surface area contributed by atoms with Crippen molar-refractivity contribution < 1.29 is 0 Å². The molecule has 0 saturated heterocycles. The minimum Gasteiger partial charge on any atom is -0.356 e. The molecule has 210 valence electrons. The molecule has 44 heavy (non-hydrogen) atoms. The number of fused-ring (bicyclic) bond motifs is 4. The van der Waals surface area contributed by atoms with Crippen LogP contribution in [0.2, 0.25) is 0 Å². The van der Waals surface area contributed by atoms with Crippen LogP contribution in [-0.2, 0) is 5.41 Å². The fraction of sp³-hybridized carbons (Fsp3) is 0.0698. The molecule has 8 rings (SSSR count). The highest BCUT2D eigenvalue weighted by molar-refractivity contribution is 6.06. The standard InChI is InChI=1S/C43H33N/c1-43(2)40-23-7-6-18-38(40)39-22-11-21-37(42(39)43)32-16-8-17-34(28-32)44-33-26-24-30(25-27-33)36-20-10-15-31-14-9-19-35(41(31)36)29-12-4-3-5-13-29/h3-28,44H,1-2H3. The number of hydrogen-bond donors (Lipinski definition) is 1. The lowest BCUT2D eigenvalue weighted by atomic mass is 9.79. The quantitative estimate of drug-likeness (QED) is 0.220. The number of rotatable bonds is 5. The molecule has 0 bridgehead atoms. The van der Waals surface area contributed by atoms with Gasteiger partial charge in [-0.15, -0.1) is 0 Å².